The van der Waals surface area contributed by atoms with E-state index >= 15 is 0 Å². The molecule has 0 unspecified atom stereocenters. The Labute approximate surface area is 175 Å². The Bertz CT molecular complexity index is 1110. The number of amides is 1. The number of carbonyl (C=O) groups is 1. The molecule has 1 heterocycles. The van der Waals surface area contributed by atoms with Crippen molar-refractivity contribution in [3.05, 3.63) is 70.7 Å². The van der Waals surface area contributed by atoms with Crippen LogP contribution in [-0.4, -0.2) is 22.1 Å². The van der Waals surface area contributed by atoms with Gasteiger partial charge in [0.25, 0.3) is 0 Å². The van der Waals surface area contributed by atoms with Crippen LogP contribution in [0.2, 0.25) is 0 Å². The standard InChI is InChI=1S/C21H20F4N4O2/c1-12-13(2)17(26)6-4-15(12)10-20(30)27-19-7-8-29(28-19)11-14-3-5-16(22)18(9-14)31-21(23,24)25/h3-9H,10-11,26H2,1-2H3,(H,27,28,30). The fourth-order valence-electron chi connectivity index (χ4n) is 3.00. The minimum absolute atomic E-state index is 0.0562. The highest BCUT2D eigenvalue weighted by molar-refractivity contribution is 5.91. The summed E-state index contributed by atoms with van der Waals surface area (Å²) in [7, 11) is 0. The number of carbonyl (C=O) groups excluding carboxylic acids is 1. The zero-order valence-electron chi connectivity index (χ0n) is 16.8. The molecule has 0 radical (unpaired) electrons. The molecule has 2 aromatic carbocycles. The van der Waals surface area contributed by atoms with Gasteiger partial charge in [0.2, 0.25) is 5.91 Å². The number of nitrogen functional groups attached to an aromatic ring is 1. The molecule has 3 rings (SSSR count). The van der Waals surface area contributed by atoms with Gasteiger partial charge in [0.05, 0.1) is 13.0 Å². The van der Waals surface area contributed by atoms with E-state index in [1.165, 1.54) is 10.7 Å². The van der Waals surface area contributed by atoms with E-state index in [1.807, 2.05) is 13.8 Å². The first-order valence-corrected chi connectivity index (χ1v) is 9.24. The minimum atomic E-state index is -5.00. The quantitative estimate of drug-likeness (QED) is 0.445. The third-order valence-electron chi connectivity index (χ3n) is 4.77. The lowest BCUT2D eigenvalue weighted by atomic mass is 9.99. The maximum Gasteiger partial charge on any atom is 0.573 e. The van der Waals surface area contributed by atoms with Gasteiger partial charge >= 0.3 is 6.36 Å². The Morgan fingerprint density at radius 1 is 1.16 bits per heavy atom. The van der Waals surface area contributed by atoms with Gasteiger partial charge in [-0.3, -0.25) is 9.48 Å². The fraction of sp³-hybridized carbons (Fsp3) is 0.238. The normalized spacial score (nSPS) is 11.4. The van der Waals surface area contributed by atoms with Crippen LogP contribution >= 0.6 is 0 Å². The fourth-order valence-corrected chi connectivity index (χ4v) is 3.00. The number of nitrogens with zero attached hydrogens (tertiary/aromatic N) is 2. The number of nitrogens with one attached hydrogen (secondary N) is 1. The molecular weight excluding hydrogens is 416 g/mol. The van der Waals surface area contributed by atoms with E-state index in [0.717, 1.165) is 28.8 Å². The highest BCUT2D eigenvalue weighted by atomic mass is 19.4. The van der Waals surface area contributed by atoms with E-state index in [1.54, 1.807) is 24.4 Å². The predicted molar refractivity (Wildman–Crippen MR) is 107 cm³/mol. The van der Waals surface area contributed by atoms with Crippen molar-refractivity contribution in [1.82, 2.24) is 9.78 Å². The summed E-state index contributed by atoms with van der Waals surface area (Å²) in [5, 5.41) is 6.85. The van der Waals surface area contributed by atoms with Crippen molar-refractivity contribution in [2.45, 2.75) is 33.2 Å². The largest absolute Gasteiger partial charge is 0.573 e. The molecule has 1 amide bonds. The number of benzene rings is 2. The molecular formula is C21H20F4N4O2. The van der Waals surface area contributed by atoms with Crippen LogP contribution in [0.25, 0.3) is 0 Å². The van der Waals surface area contributed by atoms with Crippen molar-refractivity contribution in [3.63, 3.8) is 0 Å². The van der Waals surface area contributed by atoms with Crippen LogP contribution in [0, 0.1) is 19.7 Å². The molecule has 0 spiro atoms. The number of hydrogen-bond donors (Lipinski definition) is 2. The van der Waals surface area contributed by atoms with Crippen molar-refractivity contribution in [2.24, 2.45) is 0 Å². The monoisotopic (exact) mass is 436 g/mol. The van der Waals surface area contributed by atoms with Crippen LogP contribution < -0.4 is 15.8 Å². The highest BCUT2D eigenvalue weighted by Crippen LogP contribution is 2.27. The summed E-state index contributed by atoms with van der Waals surface area (Å²) >= 11 is 0. The van der Waals surface area contributed by atoms with Gasteiger partial charge in [-0.2, -0.15) is 5.10 Å². The predicted octanol–water partition coefficient (Wildman–Crippen LogP) is 4.35. The Balaban J connectivity index is 1.65. The van der Waals surface area contributed by atoms with Crippen molar-refractivity contribution < 1.29 is 27.1 Å². The topological polar surface area (TPSA) is 82.2 Å². The number of ether oxygens (including phenoxy) is 1. The van der Waals surface area contributed by atoms with Crippen LogP contribution in [0.3, 0.4) is 0 Å². The van der Waals surface area contributed by atoms with Gasteiger partial charge in [0.1, 0.15) is 0 Å². The van der Waals surface area contributed by atoms with Crippen molar-refractivity contribution in [1.29, 1.82) is 0 Å². The molecule has 3 aromatic rings. The molecule has 3 N–H and O–H groups in total. The number of anilines is 2. The Morgan fingerprint density at radius 2 is 1.90 bits per heavy atom. The molecule has 164 valence electrons. The summed E-state index contributed by atoms with van der Waals surface area (Å²) in [5.74, 6) is -2.04. The number of aromatic nitrogens is 2. The second kappa shape index (κ2) is 8.66. The second-order valence-corrected chi connectivity index (χ2v) is 7.00. The Morgan fingerprint density at radius 3 is 2.61 bits per heavy atom. The Hall–Kier alpha value is -3.56. The molecule has 31 heavy (non-hydrogen) atoms. The first kappa shape index (κ1) is 22.1. The van der Waals surface area contributed by atoms with Gasteiger partial charge < -0.3 is 15.8 Å². The molecule has 0 saturated carbocycles. The van der Waals surface area contributed by atoms with Crippen LogP contribution in [-0.2, 0) is 17.8 Å². The van der Waals surface area contributed by atoms with Gasteiger partial charge in [-0.25, -0.2) is 4.39 Å². The van der Waals surface area contributed by atoms with Gasteiger partial charge in [-0.1, -0.05) is 12.1 Å². The molecule has 0 aliphatic rings. The highest BCUT2D eigenvalue weighted by Gasteiger charge is 2.32. The summed E-state index contributed by atoms with van der Waals surface area (Å²) in [6.07, 6.45) is -3.32. The number of alkyl halides is 3. The number of hydrogen-bond acceptors (Lipinski definition) is 4. The molecule has 0 saturated heterocycles. The average Bonchev–Trinajstić information content (AvgIpc) is 3.10. The summed E-state index contributed by atoms with van der Waals surface area (Å²) < 4.78 is 55.7. The SMILES string of the molecule is Cc1c(N)ccc(CC(=O)Nc2ccn(Cc3ccc(F)c(OC(F)(F)F)c3)n2)c1C. The average molecular weight is 436 g/mol. The first-order valence-electron chi connectivity index (χ1n) is 9.24. The van der Waals surface area contributed by atoms with Gasteiger partial charge in [-0.15, -0.1) is 13.2 Å². The maximum absolute atomic E-state index is 13.5. The van der Waals surface area contributed by atoms with Gasteiger partial charge in [-0.05, 0) is 54.3 Å². The molecule has 6 nitrogen and oxygen atoms in total. The van der Waals surface area contributed by atoms with Crippen LogP contribution in [0.15, 0.2) is 42.6 Å². The van der Waals surface area contributed by atoms with E-state index < -0.39 is 17.9 Å². The molecule has 0 fully saturated rings. The first-order chi connectivity index (χ1) is 14.5. The van der Waals surface area contributed by atoms with Crippen molar-refractivity contribution in [2.75, 3.05) is 11.1 Å². The second-order valence-electron chi connectivity index (χ2n) is 7.00. The van der Waals surface area contributed by atoms with E-state index in [2.05, 4.69) is 15.2 Å². The zero-order valence-corrected chi connectivity index (χ0v) is 16.8. The number of nitrogens with two attached hydrogens (primary N) is 1. The van der Waals surface area contributed by atoms with Gasteiger partial charge in [0.15, 0.2) is 17.4 Å². The van der Waals surface area contributed by atoms with Crippen molar-refractivity contribution >= 4 is 17.4 Å². The van der Waals surface area contributed by atoms with Crippen molar-refractivity contribution in [3.8, 4) is 5.75 Å². The third kappa shape index (κ3) is 5.74. The van der Waals surface area contributed by atoms with E-state index in [4.69, 9.17) is 5.73 Å². The van der Waals surface area contributed by atoms with E-state index in [-0.39, 0.29) is 24.7 Å². The number of rotatable bonds is 6. The maximum atomic E-state index is 13.5. The molecule has 0 aliphatic heterocycles. The summed E-state index contributed by atoms with van der Waals surface area (Å²) in [4.78, 5) is 12.4. The minimum Gasteiger partial charge on any atom is -0.403 e. The van der Waals surface area contributed by atoms with E-state index in [9.17, 15) is 22.4 Å². The van der Waals surface area contributed by atoms with Crippen LogP contribution in [0.5, 0.6) is 5.75 Å². The zero-order chi connectivity index (χ0) is 22.8. The van der Waals surface area contributed by atoms with Gasteiger partial charge in [0, 0.05) is 18.0 Å². The summed E-state index contributed by atoms with van der Waals surface area (Å²) in [6.45, 7) is 3.83. The number of halogens is 4. The molecule has 0 bridgehead atoms. The summed E-state index contributed by atoms with van der Waals surface area (Å²) in [6, 6.07) is 8.26. The van der Waals surface area contributed by atoms with E-state index in [0.29, 0.717) is 11.3 Å². The lowest BCUT2D eigenvalue weighted by Crippen LogP contribution is -2.18. The Kier molecular flexibility index (Phi) is 6.19. The van der Waals surface area contributed by atoms with Crippen LogP contribution in [0.1, 0.15) is 22.3 Å². The summed E-state index contributed by atoms with van der Waals surface area (Å²) in [5.41, 5.74) is 9.56. The molecule has 0 aliphatic carbocycles. The molecule has 1 aromatic heterocycles. The smallest absolute Gasteiger partial charge is 0.403 e. The molecule has 10 heteroatoms. The lowest BCUT2D eigenvalue weighted by Gasteiger charge is -2.11. The third-order valence-corrected chi connectivity index (χ3v) is 4.77. The van der Waals surface area contributed by atoms with Crippen LogP contribution in [0.4, 0.5) is 29.1 Å². The molecule has 0 atom stereocenters. The lowest BCUT2D eigenvalue weighted by molar-refractivity contribution is -0.275.